The van der Waals surface area contributed by atoms with Gasteiger partial charge in [-0.05, 0) is 74.3 Å². The van der Waals surface area contributed by atoms with Gasteiger partial charge in [0.1, 0.15) is 0 Å². The van der Waals surface area contributed by atoms with Crippen molar-refractivity contribution in [1.82, 2.24) is 0 Å². The minimum atomic E-state index is -1.33. The molecule has 144 valence electrons. The monoisotopic (exact) mass is 479 g/mol. The van der Waals surface area contributed by atoms with Gasteiger partial charge >= 0.3 is 27.7 Å². The Balaban J connectivity index is 0.000000948. The summed E-state index contributed by atoms with van der Waals surface area (Å²) in [6.07, 6.45) is 14.3. The van der Waals surface area contributed by atoms with E-state index in [2.05, 4.69) is 70.2 Å². The van der Waals surface area contributed by atoms with Crippen molar-refractivity contribution in [3.05, 3.63) is 49.1 Å². The summed E-state index contributed by atoms with van der Waals surface area (Å²) in [5, 5.41) is 4.41. The van der Waals surface area contributed by atoms with E-state index in [0.717, 1.165) is 11.3 Å². The van der Waals surface area contributed by atoms with Crippen LogP contribution in [0.3, 0.4) is 0 Å². The van der Waals surface area contributed by atoms with E-state index in [1.54, 1.807) is 5.30 Å². The molecule has 26 heavy (non-hydrogen) atoms. The van der Waals surface area contributed by atoms with Crippen LogP contribution in [0.1, 0.15) is 64.2 Å². The first kappa shape index (κ1) is 20.8. The Morgan fingerprint density at radius 1 is 0.731 bits per heavy atom. The summed E-state index contributed by atoms with van der Waals surface area (Å²) in [6, 6.07) is 16.2. The third-order valence-electron chi connectivity index (χ3n) is 6.67. The molecular weight excluding hydrogens is 449 g/mol. The quantitative estimate of drug-likeness (QED) is 0.241. The molecule has 0 unspecified atom stereocenters. The molecule has 2 aliphatic rings. The Kier molecular flexibility index (Phi) is 8.03. The number of fused-ring (bicyclic) bond motifs is 1. The summed E-state index contributed by atoms with van der Waals surface area (Å²) in [4.78, 5) is 0. The van der Waals surface area contributed by atoms with Crippen LogP contribution in [0.15, 0.2) is 42.5 Å². The number of halogens is 1. The average molecular weight is 480 g/mol. The SMILES string of the molecule is [CH2-][P+](c1ccc2ccccc2c1)(C1CCCCC1)C1CCCCC1.[Cl][Pd+]. The van der Waals surface area contributed by atoms with Gasteiger partial charge in [-0.2, -0.15) is 6.66 Å². The number of rotatable bonds is 3. The molecule has 0 spiro atoms. The summed E-state index contributed by atoms with van der Waals surface area (Å²) in [7, 11) is 3.16. The Labute approximate surface area is 175 Å². The van der Waals surface area contributed by atoms with Crippen LogP contribution >= 0.6 is 16.8 Å². The first-order valence-corrected chi connectivity index (χ1v) is 14.2. The molecule has 0 amide bonds. The van der Waals surface area contributed by atoms with Crippen molar-refractivity contribution in [3.63, 3.8) is 0 Å². The van der Waals surface area contributed by atoms with Gasteiger partial charge in [-0.3, -0.25) is 0 Å². The van der Waals surface area contributed by atoms with Crippen molar-refractivity contribution in [3.8, 4) is 0 Å². The fourth-order valence-corrected chi connectivity index (χ4v) is 9.98. The van der Waals surface area contributed by atoms with E-state index in [-0.39, 0.29) is 0 Å². The maximum absolute atomic E-state index is 5.11. The zero-order chi connectivity index (χ0) is 18.4. The molecule has 0 N–H and O–H groups in total. The van der Waals surface area contributed by atoms with Crippen LogP contribution in [0.5, 0.6) is 0 Å². The van der Waals surface area contributed by atoms with E-state index in [9.17, 15) is 0 Å². The normalized spacial score (nSPS) is 19.8. The summed E-state index contributed by atoms with van der Waals surface area (Å²) in [5.74, 6) is 0. The fourth-order valence-electron chi connectivity index (χ4n) is 5.24. The van der Waals surface area contributed by atoms with Crippen LogP contribution in [-0.2, 0) is 18.2 Å². The van der Waals surface area contributed by atoms with Crippen LogP contribution in [0.25, 0.3) is 10.8 Å². The van der Waals surface area contributed by atoms with Crippen LogP contribution in [0.2, 0.25) is 0 Å². The molecule has 4 rings (SSSR count). The Hall–Kier alpha value is 0.0823. The van der Waals surface area contributed by atoms with Gasteiger partial charge in [0.2, 0.25) is 0 Å². The van der Waals surface area contributed by atoms with E-state index in [1.165, 1.54) is 75.0 Å². The van der Waals surface area contributed by atoms with Gasteiger partial charge in [0.15, 0.2) is 0 Å². The van der Waals surface area contributed by atoms with Crippen molar-refractivity contribution in [1.29, 1.82) is 0 Å². The van der Waals surface area contributed by atoms with Gasteiger partial charge in [-0.25, -0.2) is 0 Å². The molecule has 0 heterocycles. The molecule has 0 bridgehead atoms. The maximum atomic E-state index is 5.11. The number of benzene rings is 2. The van der Waals surface area contributed by atoms with Crippen LogP contribution in [-0.4, -0.2) is 11.3 Å². The number of hydrogen-bond donors (Lipinski definition) is 0. The minimum absolute atomic E-state index is 0.885. The van der Waals surface area contributed by atoms with E-state index < -0.39 is 7.26 Å². The van der Waals surface area contributed by atoms with Gasteiger partial charge in [-0.15, -0.1) is 0 Å². The second kappa shape index (κ2) is 10.0. The molecule has 0 atom stereocenters. The summed E-state index contributed by atoms with van der Waals surface area (Å²) >= 11 is 2.22. The van der Waals surface area contributed by atoms with Gasteiger partial charge in [0.05, 0.1) is 5.30 Å². The van der Waals surface area contributed by atoms with Crippen molar-refractivity contribution in [2.24, 2.45) is 0 Å². The second-order valence-electron chi connectivity index (χ2n) is 8.05. The van der Waals surface area contributed by atoms with Gasteiger partial charge in [0, 0.05) is 11.3 Å². The molecule has 2 fully saturated rings. The van der Waals surface area contributed by atoms with Crippen molar-refractivity contribution >= 4 is 32.9 Å². The molecular formula is C23H31ClPPd+. The zero-order valence-electron chi connectivity index (χ0n) is 15.6. The van der Waals surface area contributed by atoms with Gasteiger partial charge in [-0.1, -0.05) is 50.4 Å². The topological polar surface area (TPSA) is 0 Å². The molecule has 2 saturated carbocycles. The van der Waals surface area contributed by atoms with E-state index >= 15 is 0 Å². The molecule has 2 aromatic rings. The van der Waals surface area contributed by atoms with E-state index in [4.69, 9.17) is 6.66 Å². The summed E-state index contributed by atoms with van der Waals surface area (Å²) in [5.41, 5.74) is 1.77. The first-order chi connectivity index (χ1) is 12.8. The van der Waals surface area contributed by atoms with Crippen LogP contribution < -0.4 is 5.30 Å². The molecule has 3 heteroatoms. The van der Waals surface area contributed by atoms with Gasteiger partial charge < -0.3 is 0 Å². The van der Waals surface area contributed by atoms with Crippen LogP contribution in [0, 0.1) is 6.66 Å². The predicted molar refractivity (Wildman–Crippen MR) is 115 cm³/mol. The fraction of sp³-hybridized carbons (Fsp3) is 0.522. The molecule has 0 saturated heterocycles. The van der Waals surface area contributed by atoms with Gasteiger partial charge in [0.25, 0.3) is 0 Å². The third-order valence-corrected chi connectivity index (χ3v) is 11.5. The van der Waals surface area contributed by atoms with Crippen LogP contribution in [0.4, 0.5) is 0 Å². The molecule has 2 aliphatic carbocycles. The van der Waals surface area contributed by atoms with E-state index in [1.807, 2.05) is 0 Å². The second-order valence-corrected chi connectivity index (χ2v) is 11.9. The molecule has 0 radical (unpaired) electrons. The first-order valence-electron chi connectivity index (χ1n) is 10.1. The van der Waals surface area contributed by atoms with Crippen molar-refractivity contribution in [2.45, 2.75) is 75.5 Å². The Morgan fingerprint density at radius 3 is 1.77 bits per heavy atom. The molecule has 0 nitrogen and oxygen atoms in total. The summed E-state index contributed by atoms with van der Waals surface area (Å²) < 4.78 is 0. The Morgan fingerprint density at radius 2 is 1.23 bits per heavy atom. The Bertz CT molecular complexity index is 671. The van der Waals surface area contributed by atoms with Crippen molar-refractivity contribution < 1.29 is 18.2 Å². The third kappa shape index (κ3) is 4.39. The molecule has 0 aliphatic heterocycles. The average Bonchev–Trinajstić information content (AvgIpc) is 2.75. The number of hydrogen-bond acceptors (Lipinski definition) is 0. The molecule has 2 aromatic carbocycles. The van der Waals surface area contributed by atoms with E-state index in [0.29, 0.717) is 0 Å². The standard InChI is InChI=1S/C23H31P.ClH.Pd/c1-24(21-12-4-2-5-13-21,22-14-6-3-7-15-22)23-17-16-19-10-8-9-11-20(19)18-23;;/h8-11,16-18,21-22H,1-7,12-15H2;1H;/q;;+2/p-1. The summed E-state index contributed by atoms with van der Waals surface area (Å²) in [6.45, 7) is 5.11. The molecule has 0 aromatic heterocycles. The zero-order valence-corrected chi connectivity index (χ0v) is 18.8. The van der Waals surface area contributed by atoms with Crippen molar-refractivity contribution in [2.75, 3.05) is 0 Å². The predicted octanol–water partition coefficient (Wildman–Crippen LogP) is 7.63.